The number of carbonyl (C=O) groups excluding carboxylic acids is 1. The molecule has 4 heteroatoms. The highest BCUT2D eigenvalue weighted by molar-refractivity contribution is 5.94. The van der Waals surface area contributed by atoms with Gasteiger partial charge in [-0.3, -0.25) is 4.79 Å². The van der Waals surface area contributed by atoms with E-state index in [-0.39, 0.29) is 12.0 Å². The number of benzene rings is 1. The summed E-state index contributed by atoms with van der Waals surface area (Å²) in [6, 6.07) is 7.57. The minimum Gasteiger partial charge on any atom is -0.491 e. The van der Waals surface area contributed by atoms with Crippen LogP contribution in [0.5, 0.6) is 5.75 Å². The zero-order valence-electron chi connectivity index (χ0n) is 14.0. The van der Waals surface area contributed by atoms with Crippen LogP contribution < -0.4 is 4.74 Å². The molecule has 1 atom stereocenters. The van der Waals surface area contributed by atoms with Gasteiger partial charge in [-0.25, -0.2) is 0 Å². The van der Waals surface area contributed by atoms with Gasteiger partial charge in [0.2, 0.25) is 0 Å². The smallest absolute Gasteiger partial charge is 0.253 e. The summed E-state index contributed by atoms with van der Waals surface area (Å²) >= 11 is 0. The third kappa shape index (κ3) is 4.71. The molecule has 1 heterocycles. The molecule has 126 valence electrons. The fourth-order valence-corrected chi connectivity index (χ4v) is 3.02. The van der Waals surface area contributed by atoms with Gasteiger partial charge in [0.05, 0.1) is 6.10 Å². The summed E-state index contributed by atoms with van der Waals surface area (Å²) < 4.78 is 11.4. The summed E-state index contributed by atoms with van der Waals surface area (Å²) in [5.41, 5.74) is 0.726. The lowest BCUT2D eigenvalue weighted by atomic mass is 10.1. The van der Waals surface area contributed by atoms with Gasteiger partial charge in [-0.15, -0.1) is 0 Å². The quantitative estimate of drug-likeness (QED) is 0.736. The first-order valence-corrected chi connectivity index (χ1v) is 8.90. The van der Waals surface area contributed by atoms with Crippen LogP contribution in [0.2, 0.25) is 0 Å². The number of ether oxygens (including phenoxy) is 2. The predicted octanol–water partition coefficient (Wildman–Crippen LogP) is 3.51. The fourth-order valence-electron chi connectivity index (χ4n) is 3.02. The van der Waals surface area contributed by atoms with Crippen LogP contribution in [0.15, 0.2) is 24.3 Å². The van der Waals surface area contributed by atoms with Crippen LogP contribution >= 0.6 is 0 Å². The van der Waals surface area contributed by atoms with E-state index in [1.807, 2.05) is 29.2 Å². The number of nitrogens with zero attached hydrogens (tertiary/aromatic N) is 1. The zero-order chi connectivity index (χ0) is 16.1. The zero-order valence-corrected chi connectivity index (χ0v) is 14.0. The molecule has 1 saturated carbocycles. The van der Waals surface area contributed by atoms with Crippen LogP contribution in [0.25, 0.3) is 0 Å². The van der Waals surface area contributed by atoms with Gasteiger partial charge in [0, 0.05) is 25.3 Å². The van der Waals surface area contributed by atoms with Crippen molar-refractivity contribution in [1.29, 1.82) is 0 Å². The topological polar surface area (TPSA) is 38.8 Å². The Hall–Kier alpha value is -1.55. The van der Waals surface area contributed by atoms with E-state index >= 15 is 0 Å². The van der Waals surface area contributed by atoms with E-state index < -0.39 is 0 Å². The van der Waals surface area contributed by atoms with Gasteiger partial charge in [-0.2, -0.15) is 0 Å². The van der Waals surface area contributed by atoms with Crippen LogP contribution in [-0.2, 0) is 4.74 Å². The minimum absolute atomic E-state index is 0.126. The van der Waals surface area contributed by atoms with Crippen molar-refractivity contribution in [2.24, 2.45) is 5.92 Å². The number of carbonyl (C=O) groups is 1. The summed E-state index contributed by atoms with van der Waals surface area (Å²) in [7, 11) is 0. The van der Waals surface area contributed by atoms with Crippen LogP contribution in [0.4, 0.5) is 0 Å². The predicted molar refractivity (Wildman–Crippen MR) is 89.8 cm³/mol. The molecule has 1 amide bonds. The molecule has 1 aromatic carbocycles. The summed E-state index contributed by atoms with van der Waals surface area (Å²) in [5, 5.41) is 0. The molecule has 4 nitrogen and oxygen atoms in total. The monoisotopic (exact) mass is 317 g/mol. The van der Waals surface area contributed by atoms with Crippen molar-refractivity contribution in [3.05, 3.63) is 29.8 Å². The van der Waals surface area contributed by atoms with E-state index in [4.69, 9.17) is 9.47 Å². The maximum Gasteiger partial charge on any atom is 0.253 e. The Bertz CT molecular complexity index is 521. The Labute approximate surface area is 138 Å². The second-order valence-corrected chi connectivity index (χ2v) is 6.67. The largest absolute Gasteiger partial charge is 0.491 e. The number of hydrogen-bond acceptors (Lipinski definition) is 3. The van der Waals surface area contributed by atoms with E-state index in [1.54, 1.807) is 0 Å². The minimum atomic E-state index is 0.126. The van der Waals surface area contributed by atoms with Crippen molar-refractivity contribution in [3.8, 4) is 5.75 Å². The summed E-state index contributed by atoms with van der Waals surface area (Å²) in [4.78, 5) is 14.8. The maximum atomic E-state index is 12.8. The van der Waals surface area contributed by atoms with Crippen LogP contribution in [0.1, 0.15) is 49.4 Å². The molecule has 1 unspecified atom stereocenters. The molecule has 2 fully saturated rings. The highest BCUT2D eigenvalue weighted by Gasteiger charge is 2.27. The normalized spacial score (nSPS) is 20.5. The standard InChI is InChI=1S/C19H27NO3/c1-2-10-20(13-15-8-9-15)19(21)16-5-3-6-17(12-16)23-14-18-7-4-11-22-18/h3,5-6,12,15,18H,2,4,7-11,13-14H2,1H3. The maximum absolute atomic E-state index is 12.8. The number of rotatable bonds is 8. The lowest BCUT2D eigenvalue weighted by molar-refractivity contribution is 0.0677. The fraction of sp³-hybridized carbons (Fsp3) is 0.632. The summed E-state index contributed by atoms with van der Waals surface area (Å²) in [6.45, 7) is 5.25. The molecule has 0 bridgehead atoms. The molecule has 2 aliphatic rings. The highest BCUT2D eigenvalue weighted by atomic mass is 16.5. The average Bonchev–Trinajstić information content (AvgIpc) is 3.24. The van der Waals surface area contributed by atoms with Gasteiger partial charge in [-0.1, -0.05) is 13.0 Å². The van der Waals surface area contributed by atoms with Crippen molar-refractivity contribution in [3.63, 3.8) is 0 Å². The van der Waals surface area contributed by atoms with E-state index in [0.29, 0.717) is 12.5 Å². The van der Waals surface area contributed by atoms with Gasteiger partial charge in [0.25, 0.3) is 5.91 Å². The molecule has 0 N–H and O–H groups in total. The molecule has 23 heavy (non-hydrogen) atoms. The summed E-state index contributed by atoms with van der Waals surface area (Å²) in [5.74, 6) is 1.60. The number of amides is 1. The van der Waals surface area contributed by atoms with Gasteiger partial charge >= 0.3 is 0 Å². The molecule has 1 aliphatic heterocycles. The lowest BCUT2D eigenvalue weighted by Gasteiger charge is -2.22. The first kappa shape index (κ1) is 16.3. The van der Waals surface area contributed by atoms with E-state index in [0.717, 1.165) is 50.3 Å². The third-order valence-electron chi connectivity index (χ3n) is 4.50. The Morgan fingerprint density at radius 3 is 2.91 bits per heavy atom. The third-order valence-corrected chi connectivity index (χ3v) is 4.50. The van der Waals surface area contributed by atoms with E-state index in [1.165, 1.54) is 12.8 Å². The Balaban J connectivity index is 1.60. The van der Waals surface area contributed by atoms with E-state index in [9.17, 15) is 4.79 Å². The molecule has 0 aromatic heterocycles. The molecular formula is C19H27NO3. The molecule has 3 rings (SSSR count). The van der Waals surface area contributed by atoms with Gasteiger partial charge < -0.3 is 14.4 Å². The SMILES string of the molecule is CCCN(CC1CC1)C(=O)c1cccc(OCC2CCCO2)c1. The Morgan fingerprint density at radius 2 is 2.22 bits per heavy atom. The van der Waals surface area contributed by atoms with Gasteiger partial charge in [0.15, 0.2) is 0 Å². The van der Waals surface area contributed by atoms with Gasteiger partial charge in [0.1, 0.15) is 12.4 Å². The van der Waals surface area contributed by atoms with Gasteiger partial charge in [-0.05, 0) is 56.2 Å². The molecule has 0 radical (unpaired) electrons. The first-order valence-electron chi connectivity index (χ1n) is 8.90. The highest BCUT2D eigenvalue weighted by Crippen LogP contribution is 2.30. The average molecular weight is 317 g/mol. The summed E-state index contributed by atoms with van der Waals surface area (Å²) in [6.07, 6.45) is 5.88. The van der Waals surface area contributed by atoms with E-state index in [2.05, 4.69) is 6.92 Å². The molecule has 0 spiro atoms. The molecular weight excluding hydrogens is 290 g/mol. The van der Waals surface area contributed by atoms with Crippen molar-refractivity contribution in [2.45, 2.75) is 45.1 Å². The first-order chi connectivity index (χ1) is 11.3. The lowest BCUT2D eigenvalue weighted by Crippen LogP contribution is -2.33. The second-order valence-electron chi connectivity index (χ2n) is 6.67. The molecule has 1 aliphatic carbocycles. The van der Waals surface area contributed by atoms with Crippen molar-refractivity contribution in [2.75, 3.05) is 26.3 Å². The second kappa shape index (κ2) is 7.82. The number of hydrogen-bond donors (Lipinski definition) is 0. The molecule has 1 aromatic rings. The van der Waals surface area contributed by atoms with Crippen LogP contribution in [-0.4, -0.2) is 43.2 Å². The Kier molecular flexibility index (Phi) is 5.55. The van der Waals surface area contributed by atoms with Crippen LogP contribution in [0.3, 0.4) is 0 Å². The van der Waals surface area contributed by atoms with Crippen molar-refractivity contribution >= 4 is 5.91 Å². The van der Waals surface area contributed by atoms with Crippen molar-refractivity contribution in [1.82, 2.24) is 4.90 Å². The van der Waals surface area contributed by atoms with Crippen molar-refractivity contribution < 1.29 is 14.3 Å². The Morgan fingerprint density at radius 1 is 1.35 bits per heavy atom. The van der Waals surface area contributed by atoms with Crippen LogP contribution in [0, 0.1) is 5.92 Å². The molecule has 1 saturated heterocycles.